The Kier molecular flexibility index (Phi) is 3.14. The summed E-state index contributed by atoms with van der Waals surface area (Å²) in [7, 11) is 0. The molecule has 2 heterocycles. The number of aliphatic hydroxyl groups is 1. The smallest absolute Gasteiger partial charge is 0.254 e. The van der Waals surface area contributed by atoms with Crippen LogP contribution in [0.5, 0.6) is 5.75 Å². The number of carbonyl (C=O) groups excluding carboxylic acids is 1. The van der Waals surface area contributed by atoms with Crippen LogP contribution in [0, 0.1) is 0 Å². The summed E-state index contributed by atoms with van der Waals surface area (Å²) in [6.45, 7) is 3.39. The van der Waals surface area contributed by atoms with Crippen LogP contribution in [-0.2, 0) is 4.79 Å². The molecule has 0 aliphatic carbocycles. The Labute approximate surface area is 133 Å². The topological polar surface area (TPSA) is 58.6 Å². The SMILES string of the molecule is C/C(O)=C1/C(=O)N[C@@]2(C)C[C@H]1c1cc(Br)cc(Br)c1O2. The number of aliphatic hydroxyl groups excluding tert-OH is 1. The van der Waals surface area contributed by atoms with E-state index in [1.165, 1.54) is 0 Å². The number of hydrogen-bond acceptors (Lipinski definition) is 3. The number of rotatable bonds is 0. The van der Waals surface area contributed by atoms with Gasteiger partial charge in [-0.1, -0.05) is 15.9 Å². The molecular weight excluding hydrogens is 390 g/mol. The molecule has 1 fully saturated rings. The predicted octanol–water partition coefficient (Wildman–Crippen LogP) is 3.76. The van der Waals surface area contributed by atoms with Crippen molar-refractivity contribution in [1.29, 1.82) is 0 Å². The minimum absolute atomic E-state index is 0.0542. The summed E-state index contributed by atoms with van der Waals surface area (Å²) < 4.78 is 7.69. The van der Waals surface area contributed by atoms with Crippen molar-refractivity contribution in [3.8, 4) is 5.75 Å². The first-order valence-electron chi connectivity index (χ1n) is 6.21. The second kappa shape index (κ2) is 4.49. The molecule has 3 rings (SSSR count). The van der Waals surface area contributed by atoms with E-state index in [4.69, 9.17) is 4.74 Å². The normalized spacial score (nSPS) is 30.2. The fourth-order valence-corrected chi connectivity index (χ4v) is 4.27. The number of nitrogens with one attached hydrogen (secondary N) is 1. The Morgan fingerprint density at radius 1 is 1.50 bits per heavy atom. The Hall–Kier alpha value is -1.01. The molecule has 4 nitrogen and oxygen atoms in total. The minimum Gasteiger partial charge on any atom is -0.512 e. The third kappa shape index (κ3) is 2.05. The first kappa shape index (κ1) is 13.9. The van der Waals surface area contributed by atoms with Crippen molar-refractivity contribution in [3.05, 3.63) is 38.0 Å². The van der Waals surface area contributed by atoms with Crippen LogP contribution in [0.25, 0.3) is 0 Å². The molecule has 2 aliphatic heterocycles. The predicted molar refractivity (Wildman–Crippen MR) is 81.7 cm³/mol. The lowest BCUT2D eigenvalue weighted by atomic mass is 9.78. The van der Waals surface area contributed by atoms with Crippen LogP contribution in [0.4, 0.5) is 0 Å². The minimum atomic E-state index is -0.746. The zero-order chi connectivity index (χ0) is 14.7. The van der Waals surface area contributed by atoms with Crippen LogP contribution < -0.4 is 10.1 Å². The van der Waals surface area contributed by atoms with Gasteiger partial charge in [-0.3, -0.25) is 4.79 Å². The molecule has 1 amide bonds. The molecule has 0 unspecified atom stereocenters. The number of carbonyl (C=O) groups is 1. The van der Waals surface area contributed by atoms with Gasteiger partial charge in [-0.2, -0.15) is 0 Å². The van der Waals surface area contributed by atoms with Gasteiger partial charge in [-0.05, 0) is 41.9 Å². The number of allylic oxidation sites excluding steroid dienone is 1. The molecule has 2 atom stereocenters. The molecule has 0 aromatic heterocycles. The fraction of sp³-hybridized carbons (Fsp3) is 0.357. The summed E-state index contributed by atoms with van der Waals surface area (Å²) in [5, 5.41) is 12.7. The van der Waals surface area contributed by atoms with E-state index in [0.717, 1.165) is 14.5 Å². The molecule has 20 heavy (non-hydrogen) atoms. The lowest BCUT2D eigenvalue weighted by molar-refractivity contribution is -0.127. The lowest BCUT2D eigenvalue weighted by Crippen LogP contribution is -2.58. The number of hydrogen-bond donors (Lipinski definition) is 2. The molecule has 106 valence electrons. The highest BCUT2D eigenvalue weighted by atomic mass is 79.9. The molecule has 1 aromatic rings. The van der Waals surface area contributed by atoms with Gasteiger partial charge in [0.2, 0.25) is 0 Å². The van der Waals surface area contributed by atoms with Crippen molar-refractivity contribution in [1.82, 2.24) is 5.32 Å². The molecule has 6 heteroatoms. The average Bonchev–Trinajstić information content (AvgIpc) is 2.29. The third-order valence-electron chi connectivity index (χ3n) is 3.69. The van der Waals surface area contributed by atoms with Crippen molar-refractivity contribution in [2.75, 3.05) is 0 Å². The van der Waals surface area contributed by atoms with Gasteiger partial charge in [0.15, 0.2) is 5.72 Å². The van der Waals surface area contributed by atoms with E-state index in [2.05, 4.69) is 37.2 Å². The quantitative estimate of drug-likeness (QED) is 0.513. The van der Waals surface area contributed by atoms with Crippen LogP contribution in [0.3, 0.4) is 0 Å². The van der Waals surface area contributed by atoms with E-state index in [1.807, 2.05) is 19.1 Å². The standard InChI is InChI=1S/C14H13Br2NO3/c1-6(18)11-9-5-14(2,17-13(11)19)20-12-8(9)3-7(15)4-10(12)16/h3-4,9,18H,5H2,1-2H3,(H,17,19)/b11-6-/t9-,14+/m0/s1. The van der Waals surface area contributed by atoms with E-state index in [1.54, 1.807) is 6.92 Å². The molecule has 0 radical (unpaired) electrons. The van der Waals surface area contributed by atoms with Crippen molar-refractivity contribution < 1.29 is 14.6 Å². The first-order valence-corrected chi connectivity index (χ1v) is 7.79. The summed E-state index contributed by atoms with van der Waals surface area (Å²) in [5.74, 6) is 0.325. The summed E-state index contributed by atoms with van der Waals surface area (Å²) in [4.78, 5) is 12.2. The average molecular weight is 403 g/mol. The number of amides is 1. The zero-order valence-electron chi connectivity index (χ0n) is 11.0. The summed E-state index contributed by atoms with van der Waals surface area (Å²) in [6.07, 6.45) is 0.599. The maximum atomic E-state index is 12.2. The molecule has 0 spiro atoms. The summed E-state index contributed by atoms with van der Waals surface area (Å²) in [5.41, 5.74) is 0.573. The maximum Gasteiger partial charge on any atom is 0.254 e. The Morgan fingerprint density at radius 2 is 2.20 bits per heavy atom. The van der Waals surface area contributed by atoms with Crippen molar-refractivity contribution in [2.45, 2.75) is 31.9 Å². The number of ether oxygens (including phenoxy) is 1. The van der Waals surface area contributed by atoms with Crippen LogP contribution in [-0.4, -0.2) is 16.7 Å². The van der Waals surface area contributed by atoms with Crippen LogP contribution in [0.1, 0.15) is 31.7 Å². The van der Waals surface area contributed by atoms with Crippen molar-refractivity contribution in [2.24, 2.45) is 0 Å². The fourth-order valence-electron chi connectivity index (χ4n) is 2.93. The summed E-state index contributed by atoms with van der Waals surface area (Å²) >= 11 is 6.94. The van der Waals surface area contributed by atoms with Crippen LogP contribution in [0.15, 0.2) is 32.4 Å². The van der Waals surface area contributed by atoms with E-state index in [-0.39, 0.29) is 17.6 Å². The number of piperidine rings is 1. The Morgan fingerprint density at radius 3 is 2.85 bits per heavy atom. The van der Waals surface area contributed by atoms with Crippen LogP contribution >= 0.6 is 31.9 Å². The molecular formula is C14H13Br2NO3. The van der Waals surface area contributed by atoms with Gasteiger partial charge >= 0.3 is 0 Å². The lowest BCUT2D eigenvalue weighted by Gasteiger charge is -2.45. The highest BCUT2D eigenvalue weighted by Gasteiger charge is 2.47. The van der Waals surface area contributed by atoms with Gasteiger partial charge in [-0.25, -0.2) is 0 Å². The van der Waals surface area contributed by atoms with E-state index >= 15 is 0 Å². The van der Waals surface area contributed by atoms with Crippen molar-refractivity contribution >= 4 is 37.8 Å². The maximum absolute atomic E-state index is 12.2. The van der Waals surface area contributed by atoms with Gasteiger partial charge in [0.05, 0.1) is 15.8 Å². The van der Waals surface area contributed by atoms with E-state index in [9.17, 15) is 9.90 Å². The first-order chi connectivity index (χ1) is 9.31. The second-order valence-electron chi connectivity index (χ2n) is 5.35. The molecule has 0 saturated carbocycles. The molecule has 2 bridgehead atoms. The van der Waals surface area contributed by atoms with Gasteiger partial charge in [0.25, 0.3) is 5.91 Å². The second-order valence-corrected chi connectivity index (χ2v) is 7.12. The van der Waals surface area contributed by atoms with Crippen LogP contribution in [0.2, 0.25) is 0 Å². The highest BCUT2D eigenvalue weighted by Crippen LogP contribution is 2.50. The van der Waals surface area contributed by atoms with Gasteiger partial charge in [0, 0.05) is 22.4 Å². The molecule has 2 N–H and O–H groups in total. The van der Waals surface area contributed by atoms with Gasteiger partial charge in [-0.15, -0.1) is 0 Å². The highest BCUT2D eigenvalue weighted by molar-refractivity contribution is 9.11. The zero-order valence-corrected chi connectivity index (χ0v) is 14.1. The Balaban J connectivity index is 2.26. The number of benzene rings is 1. The third-order valence-corrected chi connectivity index (χ3v) is 4.74. The summed E-state index contributed by atoms with van der Waals surface area (Å²) in [6, 6.07) is 3.84. The van der Waals surface area contributed by atoms with Gasteiger partial charge in [0.1, 0.15) is 5.75 Å². The van der Waals surface area contributed by atoms with E-state index in [0.29, 0.717) is 17.7 Å². The number of fused-ring (bicyclic) bond motifs is 4. The van der Waals surface area contributed by atoms with Crippen molar-refractivity contribution in [3.63, 3.8) is 0 Å². The van der Waals surface area contributed by atoms with Gasteiger partial charge < -0.3 is 15.2 Å². The Bertz CT molecular complexity index is 652. The van der Waals surface area contributed by atoms with E-state index < -0.39 is 5.72 Å². The largest absolute Gasteiger partial charge is 0.512 e. The number of halogens is 2. The molecule has 2 aliphatic rings. The molecule has 1 saturated heterocycles. The molecule has 1 aromatic carbocycles. The monoisotopic (exact) mass is 401 g/mol.